The Labute approximate surface area is 162 Å². The molecule has 0 saturated heterocycles. The van der Waals surface area contributed by atoms with Gasteiger partial charge in [-0.25, -0.2) is 9.78 Å². The van der Waals surface area contributed by atoms with Crippen LogP contribution in [-0.4, -0.2) is 39.4 Å². The van der Waals surface area contributed by atoms with Crippen molar-refractivity contribution in [2.24, 2.45) is 7.05 Å². The number of aryl methyl sites for hydroxylation is 3. The molecule has 4 aromatic rings. The molecular weight excluding hydrogens is 356 g/mol. The van der Waals surface area contributed by atoms with E-state index in [0.29, 0.717) is 24.8 Å². The molecule has 3 aromatic heterocycles. The molecule has 0 saturated carbocycles. The van der Waals surface area contributed by atoms with Crippen LogP contribution in [0.2, 0.25) is 0 Å². The smallest absolute Gasteiger partial charge is 0.333 e. The van der Waals surface area contributed by atoms with Gasteiger partial charge in [-0.05, 0) is 32.0 Å². The third kappa shape index (κ3) is 2.93. The number of hydrogen-bond donors (Lipinski definition) is 0. The average molecular weight is 378 g/mol. The first-order valence-electron chi connectivity index (χ1n) is 9.08. The standard InChI is InChI=1S/C21H22N4O3/c1-13-5-6-16-15(11-13)20-18(12-22-16)24(3)21(26)25(20)17-7-8-19(23-14(17)2)28-10-9-27-4/h5-8,11-12H,9-10H2,1-4H3. The molecule has 144 valence electrons. The molecule has 0 amide bonds. The minimum Gasteiger partial charge on any atom is -0.475 e. The molecule has 0 fully saturated rings. The summed E-state index contributed by atoms with van der Waals surface area (Å²) in [5.41, 5.74) is 4.88. The van der Waals surface area contributed by atoms with Crippen molar-refractivity contribution in [3.05, 3.63) is 58.3 Å². The van der Waals surface area contributed by atoms with Crippen molar-refractivity contribution in [1.29, 1.82) is 0 Å². The first-order chi connectivity index (χ1) is 13.5. The number of methoxy groups -OCH3 is 1. The van der Waals surface area contributed by atoms with Crippen LogP contribution in [0.4, 0.5) is 0 Å². The molecular formula is C21H22N4O3. The molecule has 0 N–H and O–H groups in total. The maximum Gasteiger partial charge on any atom is 0.333 e. The molecule has 7 heteroatoms. The summed E-state index contributed by atoms with van der Waals surface area (Å²) in [5.74, 6) is 0.508. The van der Waals surface area contributed by atoms with Crippen LogP contribution in [0.5, 0.6) is 5.88 Å². The number of fused-ring (bicyclic) bond motifs is 3. The van der Waals surface area contributed by atoms with Gasteiger partial charge >= 0.3 is 5.69 Å². The summed E-state index contributed by atoms with van der Waals surface area (Å²) in [4.78, 5) is 22.1. The van der Waals surface area contributed by atoms with Gasteiger partial charge in [-0.1, -0.05) is 11.6 Å². The third-order valence-corrected chi connectivity index (χ3v) is 4.85. The van der Waals surface area contributed by atoms with Gasteiger partial charge in [0.25, 0.3) is 0 Å². The van der Waals surface area contributed by atoms with Crippen LogP contribution in [-0.2, 0) is 11.8 Å². The topological polar surface area (TPSA) is 71.2 Å². The number of nitrogens with zero attached hydrogens (tertiary/aromatic N) is 4. The Kier molecular flexibility index (Phi) is 4.60. The zero-order chi connectivity index (χ0) is 19.8. The zero-order valence-electron chi connectivity index (χ0n) is 16.4. The molecule has 3 heterocycles. The Balaban J connectivity index is 1.95. The van der Waals surface area contributed by atoms with Gasteiger partial charge in [0.05, 0.1) is 40.7 Å². The van der Waals surface area contributed by atoms with Crippen LogP contribution in [0.3, 0.4) is 0 Å². The largest absolute Gasteiger partial charge is 0.475 e. The van der Waals surface area contributed by atoms with Crippen molar-refractivity contribution >= 4 is 21.9 Å². The van der Waals surface area contributed by atoms with Crippen molar-refractivity contribution in [2.45, 2.75) is 13.8 Å². The van der Waals surface area contributed by atoms with E-state index in [4.69, 9.17) is 9.47 Å². The predicted molar refractivity (Wildman–Crippen MR) is 108 cm³/mol. The van der Waals surface area contributed by atoms with Crippen LogP contribution in [0.15, 0.2) is 41.3 Å². The molecule has 0 atom stereocenters. The molecule has 0 bridgehead atoms. The van der Waals surface area contributed by atoms with Crippen molar-refractivity contribution in [2.75, 3.05) is 20.3 Å². The first-order valence-corrected chi connectivity index (χ1v) is 9.08. The number of aromatic nitrogens is 4. The Bertz CT molecular complexity index is 1240. The van der Waals surface area contributed by atoms with Crippen LogP contribution >= 0.6 is 0 Å². The Morgan fingerprint density at radius 2 is 1.93 bits per heavy atom. The van der Waals surface area contributed by atoms with E-state index in [2.05, 4.69) is 16.0 Å². The van der Waals surface area contributed by atoms with E-state index in [1.54, 1.807) is 35.6 Å². The van der Waals surface area contributed by atoms with Gasteiger partial charge in [-0.2, -0.15) is 0 Å². The monoisotopic (exact) mass is 378 g/mol. The molecule has 0 aliphatic heterocycles. The maximum atomic E-state index is 13.1. The summed E-state index contributed by atoms with van der Waals surface area (Å²) in [6.07, 6.45) is 1.75. The second kappa shape index (κ2) is 7.09. The van der Waals surface area contributed by atoms with E-state index >= 15 is 0 Å². The van der Waals surface area contributed by atoms with Crippen LogP contribution in [0.1, 0.15) is 11.3 Å². The van der Waals surface area contributed by atoms with Gasteiger partial charge in [0.15, 0.2) is 0 Å². The third-order valence-electron chi connectivity index (χ3n) is 4.85. The Hall–Kier alpha value is -3.19. The zero-order valence-corrected chi connectivity index (χ0v) is 16.4. The quantitative estimate of drug-likeness (QED) is 0.500. The normalized spacial score (nSPS) is 11.4. The molecule has 28 heavy (non-hydrogen) atoms. The van der Waals surface area contributed by atoms with Crippen molar-refractivity contribution < 1.29 is 9.47 Å². The minimum absolute atomic E-state index is 0.135. The number of pyridine rings is 2. The first kappa shape index (κ1) is 18.2. The predicted octanol–water partition coefficient (Wildman–Crippen LogP) is 2.91. The molecule has 0 unspecified atom stereocenters. The van der Waals surface area contributed by atoms with Crippen LogP contribution in [0.25, 0.3) is 27.6 Å². The SMILES string of the molecule is COCCOc1ccc(-n2c(=O)n(C)c3cnc4ccc(C)cc4c32)c(C)n1. The van der Waals surface area contributed by atoms with E-state index in [0.717, 1.165) is 33.2 Å². The lowest BCUT2D eigenvalue weighted by molar-refractivity contribution is 0.143. The highest BCUT2D eigenvalue weighted by Gasteiger charge is 2.18. The van der Waals surface area contributed by atoms with Crippen molar-refractivity contribution in [1.82, 2.24) is 19.1 Å². The lowest BCUT2D eigenvalue weighted by Crippen LogP contribution is -2.21. The van der Waals surface area contributed by atoms with E-state index in [1.807, 2.05) is 32.0 Å². The van der Waals surface area contributed by atoms with Crippen molar-refractivity contribution in [3.63, 3.8) is 0 Å². The summed E-state index contributed by atoms with van der Waals surface area (Å²) < 4.78 is 13.9. The highest BCUT2D eigenvalue weighted by atomic mass is 16.5. The molecule has 0 spiro atoms. The molecule has 0 radical (unpaired) electrons. The summed E-state index contributed by atoms with van der Waals surface area (Å²) in [7, 11) is 3.38. The number of benzene rings is 1. The number of ether oxygens (including phenoxy) is 2. The second-order valence-corrected chi connectivity index (χ2v) is 6.78. The van der Waals surface area contributed by atoms with Gasteiger partial charge < -0.3 is 9.47 Å². The van der Waals surface area contributed by atoms with Crippen LogP contribution in [0, 0.1) is 13.8 Å². The molecule has 4 rings (SSSR count). The summed E-state index contributed by atoms with van der Waals surface area (Å²) >= 11 is 0. The van der Waals surface area contributed by atoms with Gasteiger partial charge in [0.1, 0.15) is 6.61 Å². The van der Waals surface area contributed by atoms with E-state index < -0.39 is 0 Å². The van der Waals surface area contributed by atoms with Gasteiger partial charge in [-0.3, -0.25) is 14.1 Å². The second-order valence-electron chi connectivity index (χ2n) is 6.78. The maximum absolute atomic E-state index is 13.1. The average Bonchev–Trinajstić information content (AvgIpc) is 2.93. The fourth-order valence-corrected chi connectivity index (χ4v) is 3.41. The van der Waals surface area contributed by atoms with Gasteiger partial charge in [0, 0.05) is 25.6 Å². The summed E-state index contributed by atoms with van der Waals surface area (Å²) in [6, 6.07) is 9.70. The number of hydrogen-bond acceptors (Lipinski definition) is 5. The minimum atomic E-state index is -0.135. The van der Waals surface area contributed by atoms with Gasteiger partial charge in [0.2, 0.25) is 5.88 Å². The highest BCUT2D eigenvalue weighted by molar-refractivity contribution is 6.03. The molecule has 7 nitrogen and oxygen atoms in total. The fraction of sp³-hybridized carbons (Fsp3) is 0.286. The lowest BCUT2D eigenvalue weighted by atomic mass is 10.1. The van der Waals surface area contributed by atoms with Gasteiger partial charge in [-0.15, -0.1) is 0 Å². The Morgan fingerprint density at radius 3 is 2.68 bits per heavy atom. The molecule has 1 aromatic carbocycles. The summed E-state index contributed by atoms with van der Waals surface area (Å²) in [6.45, 7) is 4.82. The van der Waals surface area contributed by atoms with E-state index in [9.17, 15) is 4.79 Å². The number of rotatable bonds is 5. The highest BCUT2D eigenvalue weighted by Crippen LogP contribution is 2.27. The molecule has 0 aliphatic carbocycles. The number of imidazole rings is 1. The van der Waals surface area contributed by atoms with E-state index in [-0.39, 0.29) is 5.69 Å². The Morgan fingerprint density at radius 1 is 1.11 bits per heavy atom. The van der Waals surface area contributed by atoms with Crippen molar-refractivity contribution in [3.8, 4) is 11.6 Å². The molecule has 0 aliphatic rings. The van der Waals surface area contributed by atoms with Crippen LogP contribution < -0.4 is 10.4 Å². The fourth-order valence-electron chi connectivity index (χ4n) is 3.41. The lowest BCUT2D eigenvalue weighted by Gasteiger charge is -2.11. The van der Waals surface area contributed by atoms with E-state index in [1.165, 1.54) is 0 Å². The summed E-state index contributed by atoms with van der Waals surface area (Å²) in [5, 5.41) is 0.940.